The number of phenols is 1. The van der Waals surface area contributed by atoms with E-state index in [0.717, 1.165) is 11.3 Å². The second-order valence-electron chi connectivity index (χ2n) is 5.53. The van der Waals surface area contributed by atoms with Crippen LogP contribution < -0.4 is 14.9 Å². The number of aromatic nitrogens is 2. The summed E-state index contributed by atoms with van der Waals surface area (Å²) in [5.41, 5.74) is 4.77. The lowest BCUT2D eigenvalue weighted by Crippen LogP contribution is -2.17. The van der Waals surface area contributed by atoms with Crippen LogP contribution in [0.4, 0.5) is 0 Å². The fourth-order valence-electron chi connectivity index (χ4n) is 2.36. The minimum absolute atomic E-state index is 0.00882. The number of hydrazone groups is 1. The lowest BCUT2D eigenvalue weighted by molar-refractivity contribution is 0.0950. The first-order valence-electron chi connectivity index (χ1n) is 8.01. The summed E-state index contributed by atoms with van der Waals surface area (Å²) in [6.45, 7) is 0. The Hall–Kier alpha value is -3.81. The van der Waals surface area contributed by atoms with Crippen molar-refractivity contribution >= 4 is 12.1 Å². The van der Waals surface area contributed by atoms with Crippen molar-refractivity contribution in [1.29, 1.82) is 0 Å². The number of hydrogen-bond donors (Lipinski definition) is 3. The quantitative estimate of drug-likeness (QED) is 0.459. The summed E-state index contributed by atoms with van der Waals surface area (Å²) >= 11 is 0. The number of aromatic hydroxyl groups is 1. The molecule has 0 aliphatic rings. The molecule has 1 heterocycles. The standard InChI is InChI=1S/C19H18N4O4/c1-26-14-6-4-13(5-7-14)15-10-16(22-21-15)19(25)23-20-11-12-3-8-18(27-2)17(24)9-12/h3-11,24H,1-2H3,(H,21,22)(H,23,25)/b20-11+. The Morgan fingerprint density at radius 3 is 2.59 bits per heavy atom. The molecule has 3 N–H and O–H groups in total. The van der Waals surface area contributed by atoms with E-state index in [0.29, 0.717) is 17.0 Å². The molecule has 8 nitrogen and oxygen atoms in total. The van der Waals surface area contributed by atoms with Gasteiger partial charge in [-0.05, 0) is 54.1 Å². The van der Waals surface area contributed by atoms with Crippen molar-refractivity contribution in [3.05, 3.63) is 59.8 Å². The van der Waals surface area contributed by atoms with Gasteiger partial charge in [-0.25, -0.2) is 5.43 Å². The van der Waals surface area contributed by atoms with Gasteiger partial charge in [0.1, 0.15) is 11.4 Å². The van der Waals surface area contributed by atoms with E-state index in [4.69, 9.17) is 9.47 Å². The largest absolute Gasteiger partial charge is 0.504 e. The van der Waals surface area contributed by atoms with Crippen LogP contribution in [-0.2, 0) is 0 Å². The van der Waals surface area contributed by atoms with Gasteiger partial charge in [0.05, 0.1) is 26.1 Å². The number of nitrogens with one attached hydrogen (secondary N) is 2. The van der Waals surface area contributed by atoms with E-state index in [1.807, 2.05) is 24.3 Å². The summed E-state index contributed by atoms with van der Waals surface area (Å²) in [5, 5.41) is 20.4. The molecule has 0 spiro atoms. The van der Waals surface area contributed by atoms with Gasteiger partial charge in [0.15, 0.2) is 11.5 Å². The van der Waals surface area contributed by atoms with E-state index in [1.165, 1.54) is 19.4 Å². The smallest absolute Gasteiger partial charge is 0.289 e. The Kier molecular flexibility index (Phi) is 5.36. The highest BCUT2D eigenvalue weighted by Crippen LogP contribution is 2.25. The zero-order valence-corrected chi connectivity index (χ0v) is 14.8. The molecule has 0 unspecified atom stereocenters. The summed E-state index contributed by atoms with van der Waals surface area (Å²) in [4.78, 5) is 12.2. The first-order valence-corrected chi connectivity index (χ1v) is 8.01. The molecular weight excluding hydrogens is 348 g/mol. The van der Waals surface area contributed by atoms with Gasteiger partial charge in [0, 0.05) is 5.56 Å². The lowest BCUT2D eigenvalue weighted by Gasteiger charge is -2.03. The average molecular weight is 366 g/mol. The molecule has 8 heteroatoms. The number of hydrogen-bond acceptors (Lipinski definition) is 6. The minimum Gasteiger partial charge on any atom is -0.504 e. The van der Waals surface area contributed by atoms with Crippen molar-refractivity contribution in [3.63, 3.8) is 0 Å². The first kappa shape index (κ1) is 18.0. The number of phenolic OH excluding ortho intramolecular Hbond substituents is 1. The average Bonchev–Trinajstić information content (AvgIpc) is 3.18. The van der Waals surface area contributed by atoms with Crippen LogP contribution >= 0.6 is 0 Å². The third kappa shape index (κ3) is 4.24. The van der Waals surface area contributed by atoms with Gasteiger partial charge in [-0.15, -0.1) is 0 Å². The molecule has 0 bridgehead atoms. The monoisotopic (exact) mass is 366 g/mol. The molecule has 0 saturated heterocycles. The Morgan fingerprint density at radius 2 is 1.93 bits per heavy atom. The maximum absolute atomic E-state index is 12.2. The minimum atomic E-state index is -0.434. The fourth-order valence-corrected chi connectivity index (χ4v) is 2.36. The molecule has 2 aromatic carbocycles. The number of carbonyl (C=O) groups excluding carboxylic acids is 1. The summed E-state index contributed by atoms with van der Waals surface area (Å²) in [6, 6.07) is 13.8. The van der Waals surface area contributed by atoms with Gasteiger partial charge in [0.2, 0.25) is 0 Å². The third-order valence-electron chi connectivity index (χ3n) is 3.79. The lowest BCUT2D eigenvalue weighted by atomic mass is 10.1. The van der Waals surface area contributed by atoms with Crippen LogP contribution in [0.2, 0.25) is 0 Å². The molecule has 1 aromatic heterocycles. The molecule has 0 aliphatic heterocycles. The van der Waals surface area contributed by atoms with Crippen LogP contribution in [-0.4, -0.2) is 41.6 Å². The zero-order chi connectivity index (χ0) is 19.2. The molecule has 0 radical (unpaired) electrons. The molecule has 0 atom stereocenters. The van der Waals surface area contributed by atoms with Crippen molar-refractivity contribution < 1.29 is 19.4 Å². The van der Waals surface area contributed by atoms with E-state index >= 15 is 0 Å². The van der Waals surface area contributed by atoms with Gasteiger partial charge in [-0.3, -0.25) is 9.89 Å². The molecule has 138 valence electrons. The summed E-state index contributed by atoms with van der Waals surface area (Å²) in [7, 11) is 3.06. The maximum Gasteiger partial charge on any atom is 0.289 e. The summed E-state index contributed by atoms with van der Waals surface area (Å²) in [5.74, 6) is 0.660. The van der Waals surface area contributed by atoms with Crippen LogP contribution in [0.3, 0.4) is 0 Å². The van der Waals surface area contributed by atoms with Crippen molar-refractivity contribution in [2.45, 2.75) is 0 Å². The number of amides is 1. The van der Waals surface area contributed by atoms with E-state index in [9.17, 15) is 9.90 Å². The van der Waals surface area contributed by atoms with Crippen LogP contribution in [0.5, 0.6) is 17.2 Å². The number of H-pyrrole nitrogens is 1. The molecule has 3 rings (SSSR count). The predicted octanol–water partition coefficient (Wildman–Crippen LogP) is 2.56. The number of aromatic amines is 1. The number of benzene rings is 2. The van der Waals surface area contributed by atoms with Crippen molar-refractivity contribution in [2.24, 2.45) is 5.10 Å². The van der Waals surface area contributed by atoms with Gasteiger partial charge in [-0.1, -0.05) is 0 Å². The fraction of sp³-hybridized carbons (Fsp3) is 0.105. The van der Waals surface area contributed by atoms with E-state index < -0.39 is 5.91 Å². The third-order valence-corrected chi connectivity index (χ3v) is 3.79. The predicted molar refractivity (Wildman–Crippen MR) is 100 cm³/mol. The van der Waals surface area contributed by atoms with Crippen LogP contribution in [0, 0.1) is 0 Å². The SMILES string of the molecule is COc1ccc(-c2cc(C(=O)N/N=C/c3ccc(OC)c(O)c3)[nH]n2)cc1. The van der Waals surface area contributed by atoms with Crippen molar-refractivity contribution in [3.8, 4) is 28.5 Å². The van der Waals surface area contributed by atoms with Crippen molar-refractivity contribution in [2.75, 3.05) is 14.2 Å². The van der Waals surface area contributed by atoms with Crippen LogP contribution in [0.15, 0.2) is 53.6 Å². The Labute approximate surface area is 155 Å². The van der Waals surface area contributed by atoms with E-state index in [1.54, 1.807) is 25.3 Å². The second-order valence-corrected chi connectivity index (χ2v) is 5.53. The van der Waals surface area contributed by atoms with E-state index in [-0.39, 0.29) is 11.4 Å². The number of methoxy groups -OCH3 is 2. The molecule has 1 amide bonds. The number of carbonyl (C=O) groups is 1. The maximum atomic E-state index is 12.2. The molecule has 0 fully saturated rings. The highest BCUT2D eigenvalue weighted by atomic mass is 16.5. The Balaban J connectivity index is 1.64. The van der Waals surface area contributed by atoms with Gasteiger partial charge < -0.3 is 14.6 Å². The number of nitrogens with zero attached hydrogens (tertiary/aromatic N) is 2. The number of ether oxygens (including phenoxy) is 2. The summed E-state index contributed by atoms with van der Waals surface area (Å²) in [6.07, 6.45) is 1.41. The summed E-state index contributed by atoms with van der Waals surface area (Å²) < 4.78 is 10.1. The van der Waals surface area contributed by atoms with Crippen LogP contribution in [0.1, 0.15) is 16.1 Å². The molecule has 3 aromatic rings. The van der Waals surface area contributed by atoms with Gasteiger partial charge in [-0.2, -0.15) is 10.2 Å². The molecule has 27 heavy (non-hydrogen) atoms. The normalized spacial score (nSPS) is 10.7. The van der Waals surface area contributed by atoms with E-state index in [2.05, 4.69) is 20.7 Å². The Morgan fingerprint density at radius 1 is 1.15 bits per heavy atom. The van der Waals surface area contributed by atoms with Crippen molar-refractivity contribution in [1.82, 2.24) is 15.6 Å². The molecular formula is C19H18N4O4. The van der Waals surface area contributed by atoms with Gasteiger partial charge in [0.25, 0.3) is 5.91 Å². The Bertz CT molecular complexity index is 964. The van der Waals surface area contributed by atoms with Gasteiger partial charge >= 0.3 is 0 Å². The highest BCUT2D eigenvalue weighted by molar-refractivity contribution is 5.94. The molecule has 0 aliphatic carbocycles. The topological polar surface area (TPSA) is 109 Å². The first-order chi connectivity index (χ1) is 13.1. The van der Waals surface area contributed by atoms with Crippen LogP contribution in [0.25, 0.3) is 11.3 Å². The number of rotatable bonds is 6. The zero-order valence-electron chi connectivity index (χ0n) is 14.8. The second kappa shape index (κ2) is 8.05. The highest BCUT2D eigenvalue weighted by Gasteiger charge is 2.10. The molecule has 0 saturated carbocycles.